The monoisotopic (exact) mass is 235 g/mol. The molecule has 0 amide bonds. The lowest BCUT2D eigenvalue weighted by molar-refractivity contribution is 0.252. The van der Waals surface area contributed by atoms with Crippen molar-refractivity contribution in [3.8, 4) is 0 Å². The maximum absolute atomic E-state index is 3.47. The summed E-state index contributed by atoms with van der Waals surface area (Å²) < 4.78 is 0. The number of benzene rings is 1. The molecule has 1 aromatic rings. The summed E-state index contributed by atoms with van der Waals surface area (Å²) in [6.45, 7) is 2.16. The van der Waals surface area contributed by atoms with Crippen LogP contribution in [0.5, 0.6) is 0 Å². The van der Waals surface area contributed by atoms with Crippen LogP contribution in [0.4, 0.5) is 0 Å². The molecule has 0 bridgehead atoms. The number of nitrogens with one attached hydrogen (secondary N) is 1. The average Bonchev–Trinajstić information content (AvgIpc) is 2.21. The van der Waals surface area contributed by atoms with Gasteiger partial charge in [-0.25, -0.2) is 0 Å². The number of aryl methyl sites for hydroxylation is 1. The van der Waals surface area contributed by atoms with E-state index in [0.717, 1.165) is 5.92 Å². The molecule has 1 nitrogen and oxygen atoms in total. The molecule has 0 heterocycles. The summed E-state index contributed by atoms with van der Waals surface area (Å²) >= 11 is 1.98. The minimum atomic E-state index is 0.694. The maximum Gasteiger partial charge on any atom is 0.0186 e. The highest BCUT2D eigenvalue weighted by Gasteiger charge is 2.25. The van der Waals surface area contributed by atoms with Crippen molar-refractivity contribution < 1.29 is 0 Å². The molecule has 1 aliphatic carbocycles. The van der Waals surface area contributed by atoms with Gasteiger partial charge in [0, 0.05) is 16.7 Å². The molecule has 88 valence electrons. The van der Waals surface area contributed by atoms with Crippen LogP contribution < -0.4 is 5.32 Å². The smallest absolute Gasteiger partial charge is 0.0186 e. The first-order valence-electron chi connectivity index (χ1n) is 6.16. The molecule has 1 fully saturated rings. The molecule has 0 radical (unpaired) electrons. The van der Waals surface area contributed by atoms with E-state index in [1.807, 2.05) is 11.8 Å². The maximum atomic E-state index is 3.47. The van der Waals surface area contributed by atoms with Crippen molar-refractivity contribution >= 4 is 11.8 Å². The third-order valence-electron chi connectivity index (χ3n) is 3.51. The van der Waals surface area contributed by atoms with Crippen molar-refractivity contribution in [3.63, 3.8) is 0 Å². The third-order valence-corrected chi connectivity index (χ3v) is 4.62. The van der Waals surface area contributed by atoms with Gasteiger partial charge in [0.25, 0.3) is 0 Å². The van der Waals surface area contributed by atoms with Gasteiger partial charge in [-0.3, -0.25) is 0 Å². The van der Waals surface area contributed by atoms with Crippen molar-refractivity contribution in [2.75, 3.05) is 12.8 Å². The largest absolute Gasteiger partial charge is 0.316 e. The SMILES string of the molecule is CNC(CSc1cccc(C)c1)C1CCC1. The summed E-state index contributed by atoms with van der Waals surface area (Å²) in [7, 11) is 2.10. The predicted octanol–water partition coefficient (Wildman–Crippen LogP) is 3.48. The highest BCUT2D eigenvalue weighted by Crippen LogP contribution is 2.32. The van der Waals surface area contributed by atoms with Crippen LogP contribution in [0.3, 0.4) is 0 Å². The van der Waals surface area contributed by atoms with E-state index < -0.39 is 0 Å². The van der Waals surface area contributed by atoms with Crippen LogP contribution in [-0.4, -0.2) is 18.8 Å². The van der Waals surface area contributed by atoms with Crippen molar-refractivity contribution in [1.82, 2.24) is 5.32 Å². The highest BCUT2D eigenvalue weighted by molar-refractivity contribution is 7.99. The molecule has 2 rings (SSSR count). The van der Waals surface area contributed by atoms with E-state index in [1.54, 1.807) is 0 Å². The minimum Gasteiger partial charge on any atom is -0.316 e. The van der Waals surface area contributed by atoms with Gasteiger partial charge in [-0.1, -0.05) is 24.1 Å². The first-order chi connectivity index (χ1) is 7.79. The van der Waals surface area contributed by atoms with Gasteiger partial charge in [0.15, 0.2) is 0 Å². The Balaban J connectivity index is 1.85. The molecule has 1 atom stereocenters. The number of hydrogen-bond acceptors (Lipinski definition) is 2. The quantitative estimate of drug-likeness (QED) is 0.784. The van der Waals surface area contributed by atoms with Crippen LogP contribution in [0.2, 0.25) is 0 Å². The van der Waals surface area contributed by atoms with Gasteiger partial charge in [0.2, 0.25) is 0 Å². The molecular formula is C14H21NS. The summed E-state index contributed by atoms with van der Waals surface area (Å²) in [5, 5.41) is 3.47. The summed E-state index contributed by atoms with van der Waals surface area (Å²) in [5.41, 5.74) is 1.36. The second kappa shape index (κ2) is 5.74. The second-order valence-corrected chi connectivity index (χ2v) is 5.81. The Labute approximate surface area is 103 Å². The summed E-state index contributed by atoms with van der Waals surface area (Å²) in [6.07, 6.45) is 4.26. The Kier molecular flexibility index (Phi) is 4.30. The van der Waals surface area contributed by atoms with E-state index in [-0.39, 0.29) is 0 Å². The van der Waals surface area contributed by atoms with Crippen LogP contribution in [0.15, 0.2) is 29.2 Å². The molecule has 0 aromatic heterocycles. The van der Waals surface area contributed by atoms with Crippen LogP contribution in [0.1, 0.15) is 24.8 Å². The molecule has 16 heavy (non-hydrogen) atoms. The summed E-state index contributed by atoms with van der Waals surface area (Å²) in [6, 6.07) is 9.49. The van der Waals surface area contributed by atoms with E-state index in [1.165, 1.54) is 35.5 Å². The van der Waals surface area contributed by atoms with Gasteiger partial charge < -0.3 is 5.32 Å². The van der Waals surface area contributed by atoms with Gasteiger partial charge in [-0.2, -0.15) is 0 Å². The van der Waals surface area contributed by atoms with E-state index >= 15 is 0 Å². The van der Waals surface area contributed by atoms with Gasteiger partial charge in [-0.05, 0) is 44.9 Å². The van der Waals surface area contributed by atoms with Crippen LogP contribution in [0.25, 0.3) is 0 Å². The Hall–Kier alpha value is -0.470. The molecule has 1 unspecified atom stereocenters. The molecule has 0 aliphatic heterocycles. The lowest BCUT2D eigenvalue weighted by Gasteiger charge is -2.33. The molecule has 1 saturated carbocycles. The van der Waals surface area contributed by atoms with E-state index in [4.69, 9.17) is 0 Å². The number of thioether (sulfide) groups is 1. The number of hydrogen-bond donors (Lipinski definition) is 1. The molecule has 0 spiro atoms. The normalized spacial score (nSPS) is 18.1. The lowest BCUT2D eigenvalue weighted by Crippen LogP contribution is -2.39. The van der Waals surface area contributed by atoms with Crippen molar-refractivity contribution in [1.29, 1.82) is 0 Å². The standard InChI is InChI=1S/C14H21NS/c1-11-5-3-8-13(9-11)16-10-14(15-2)12-6-4-7-12/h3,5,8-9,12,14-15H,4,6-7,10H2,1-2H3. The molecular weight excluding hydrogens is 214 g/mol. The summed E-state index contributed by atoms with van der Waals surface area (Å²) in [5.74, 6) is 2.12. The minimum absolute atomic E-state index is 0.694. The Morgan fingerprint density at radius 3 is 2.81 bits per heavy atom. The van der Waals surface area contributed by atoms with Crippen LogP contribution in [0, 0.1) is 12.8 Å². The van der Waals surface area contributed by atoms with Gasteiger partial charge >= 0.3 is 0 Å². The van der Waals surface area contributed by atoms with Crippen molar-refractivity contribution in [3.05, 3.63) is 29.8 Å². The Morgan fingerprint density at radius 1 is 1.44 bits per heavy atom. The number of rotatable bonds is 5. The van der Waals surface area contributed by atoms with Gasteiger partial charge in [0.05, 0.1) is 0 Å². The molecule has 1 aliphatic rings. The van der Waals surface area contributed by atoms with E-state index in [0.29, 0.717) is 6.04 Å². The molecule has 1 aromatic carbocycles. The zero-order valence-corrected chi connectivity index (χ0v) is 11.0. The average molecular weight is 235 g/mol. The Morgan fingerprint density at radius 2 is 2.25 bits per heavy atom. The van der Waals surface area contributed by atoms with Gasteiger partial charge in [-0.15, -0.1) is 11.8 Å². The fraction of sp³-hybridized carbons (Fsp3) is 0.571. The van der Waals surface area contributed by atoms with Crippen LogP contribution in [-0.2, 0) is 0 Å². The third kappa shape index (κ3) is 3.02. The topological polar surface area (TPSA) is 12.0 Å². The van der Waals surface area contributed by atoms with Crippen molar-refractivity contribution in [2.24, 2.45) is 5.92 Å². The fourth-order valence-electron chi connectivity index (χ4n) is 2.19. The zero-order valence-electron chi connectivity index (χ0n) is 10.2. The van der Waals surface area contributed by atoms with Gasteiger partial charge in [0.1, 0.15) is 0 Å². The Bertz CT molecular complexity index is 333. The second-order valence-electron chi connectivity index (χ2n) is 4.71. The molecule has 1 N–H and O–H groups in total. The first kappa shape index (κ1) is 12.0. The summed E-state index contributed by atoms with van der Waals surface area (Å²) in [4.78, 5) is 1.40. The van der Waals surface area contributed by atoms with Crippen LogP contribution >= 0.6 is 11.8 Å². The predicted molar refractivity (Wildman–Crippen MR) is 72.1 cm³/mol. The highest BCUT2D eigenvalue weighted by atomic mass is 32.2. The molecule has 0 saturated heterocycles. The fourth-order valence-corrected chi connectivity index (χ4v) is 3.44. The zero-order chi connectivity index (χ0) is 11.4. The van der Waals surface area contributed by atoms with E-state index in [2.05, 4.69) is 43.6 Å². The lowest BCUT2D eigenvalue weighted by atomic mass is 9.80. The van der Waals surface area contributed by atoms with Crippen molar-refractivity contribution in [2.45, 2.75) is 37.1 Å². The first-order valence-corrected chi connectivity index (χ1v) is 7.15. The van der Waals surface area contributed by atoms with E-state index in [9.17, 15) is 0 Å². The molecule has 2 heteroatoms.